The average Bonchev–Trinajstić information content (AvgIpc) is 2.46. The number of amides is 2. The van der Waals surface area contributed by atoms with Crippen LogP contribution >= 0.6 is 11.6 Å². The molecule has 0 aliphatic rings. The lowest BCUT2D eigenvalue weighted by Gasteiger charge is -2.07. The van der Waals surface area contributed by atoms with Crippen LogP contribution in [0.3, 0.4) is 0 Å². The van der Waals surface area contributed by atoms with Gasteiger partial charge in [-0.1, -0.05) is 23.7 Å². The van der Waals surface area contributed by atoms with Crippen molar-refractivity contribution in [3.05, 3.63) is 64.7 Å². The van der Waals surface area contributed by atoms with Gasteiger partial charge in [0.1, 0.15) is 0 Å². The standard InChI is InChI=1S/C14H12ClN3O2/c15-11-5-1-3-9(7-11)13(19)17-12-6-2-4-10(8-12)14(20)18-16/h1-8H,16H2,(H,17,19)(H,18,20). The number of carbonyl (C=O) groups is 2. The normalized spacial score (nSPS) is 9.90. The molecule has 2 rings (SSSR count). The molecule has 0 saturated carbocycles. The Kier molecular flexibility index (Phi) is 4.34. The number of hydrogen-bond acceptors (Lipinski definition) is 3. The third kappa shape index (κ3) is 3.34. The van der Waals surface area contributed by atoms with Gasteiger partial charge < -0.3 is 5.32 Å². The fraction of sp³-hybridized carbons (Fsp3) is 0. The van der Waals surface area contributed by atoms with Gasteiger partial charge in [-0.2, -0.15) is 0 Å². The quantitative estimate of drug-likeness (QED) is 0.460. The van der Waals surface area contributed by atoms with Crippen molar-refractivity contribution >= 4 is 29.1 Å². The fourth-order valence-electron chi connectivity index (χ4n) is 1.65. The van der Waals surface area contributed by atoms with Crippen LogP contribution in [0.2, 0.25) is 5.02 Å². The van der Waals surface area contributed by atoms with Crippen LogP contribution in [0.5, 0.6) is 0 Å². The Morgan fingerprint density at radius 3 is 2.25 bits per heavy atom. The van der Waals surface area contributed by atoms with Gasteiger partial charge in [0.05, 0.1) is 0 Å². The number of hydrazine groups is 1. The van der Waals surface area contributed by atoms with E-state index in [1.165, 1.54) is 6.07 Å². The van der Waals surface area contributed by atoms with Gasteiger partial charge in [0, 0.05) is 21.8 Å². The van der Waals surface area contributed by atoms with Crippen LogP contribution in [0.15, 0.2) is 48.5 Å². The van der Waals surface area contributed by atoms with Gasteiger partial charge in [-0.05, 0) is 36.4 Å². The molecular weight excluding hydrogens is 278 g/mol. The number of nitrogens with two attached hydrogens (primary N) is 1. The first-order valence-corrected chi connectivity index (χ1v) is 6.16. The van der Waals surface area contributed by atoms with Gasteiger partial charge >= 0.3 is 0 Å². The van der Waals surface area contributed by atoms with Crippen molar-refractivity contribution in [3.63, 3.8) is 0 Å². The summed E-state index contributed by atoms with van der Waals surface area (Å²) in [6, 6.07) is 13.0. The summed E-state index contributed by atoms with van der Waals surface area (Å²) in [5, 5.41) is 3.17. The van der Waals surface area contributed by atoms with Crippen LogP contribution in [-0.4, -0.2) is 11.8 Å². The highest BCUT2D eigenvalue weighted by molar-refractivity contribution is 6.31. The zero-order valence-electron chi connectivity index (χ0n) is 10.4. The molecule has 4 N–H and O–H groups in total. The lowest BCUT2D eigenvalue weighted by atomic mass is 10.1. The number of halogens is 1. The number of benzene rings is 2. The second kappa shape index (κ2) is 6.18. The molecule has 0 aromatic heterocycles. The van der Waals surface area contributed by atoms with Gasteiger partial charge in [-0.15, -0.1) is 0 Å². The summed E-state index contributed by atoms with van der Waals surface area (Å²) in [5.74, 6) is 4.33. The highest BCUT2D eigenvalue weighted by Crippen LogP contribution is 2.15. The molecule has 6 heteroatoms. The molecule has 0 spiro atoms. The third-order valence-corrected chi connectivity index (χ3v) is 2.84. The van der Waals surface area contributed by atoms with Gasteiger partial charge in [-0.25, -0.2) is 5.84 Å². The van der Waals surface area contributed by atoms with Crippen LogP contribution in [0.1, 0.15) is 20.7 Å². The first kappa shape index (κ1) is 14.0. The van der Waals surface area contributed by atoms with E-state index in [4.69, 9.17) is 17.4 Å². The lowest BCUT2D eigenvalue weighted by molar-refractivity contribution is 0.0952. The summed E-state index contributed by atoms with van der Waals surface area (Å²) in [6.07, 6.45) is 0. The van der Waals surface area contributed by atoms with Crippen LogP contribution in [0.4, 0.5) is 5.69 Å². The van der Waals surface area contributed by atoms with Crippen LogP contribution in [0, 0.1) is 0 Å². The van der Waals surface area contributed by atoms with E-state index < -0.39 is 5.91 Å². The van der Waals surface area contributed by atoms with E-state index in [-0.39, 0.29) is 5.91 Å². The summed E-state index contributed by atoms with van der Waals surface area (Å²) in [7, 11) is 0. The summed E-state index contributed by atoms with van der Waals surface area (Å²) >= 11 is 5.83. The molecule has 2 aromatic carbocycles. The summed E-state index contributed by atoms with van der Waals surface area (Å²) in [6.45, 7) is 0. The summed E-state index contributed by atoms with van der Waals surface area (Å²) < 4.78 is 0. The molecule has 0 saturated heterocycles. The highest BCUT2D eigenvalue weighted by atomic mass is 35.5. The molecule has 5 nitrogen and oxygen atoms in total. The number of hydrogen-bond donors (Lipinski definition) is 3. The van der Waals surface area contributed by atoms with Crippen molar-refractivity contribution in [3.8, 4) is 0 Å². The van der Waals surface area contributed by atoms with Gasteiger partial charge in [-0.3, -0.25) is 15.0 Å². The van der Waals surface area contributed by atoms with Crippen molar-refractivity contribution in [1.29, 1.82) is 0 Å². The first-order chi connectivity index (χ1) is 9.60. The molecule has 0 aliphatic heterocycles. The average molecular weight is 290 g/mol. The van der Waals surface area contributed by atoms with E-state index in [1.807, 2.05) is 5.43 Å². The molecule has 0 bridgehead atoms. The zero-order valence-corrected chi connectivity index (χ0v) is 11.1. The van der Waals surface area contributed by atoms with Crippen molar-refractivity contribution in [2.45, 2.75) is 0 Å². The van der Waals surface area contributed by atoms with Crippen LogP contribution in [0.25, 0.3) is 0 Å². The number of carbonyl (C=O) groups excluding carboxylic acids is 2. The molecular formula is C14H12ClN3O2. The van der Waals surface area contributed by atoms with E-state index in [1.54, 1.807) is 42.5 Å². The number of nitrogens with one attached hydrogen (secondary N) is 2. The Hall–Kier alpha value is -2.37. The molecule has 0 fully saturated rings. The molecule has 20 heavy (non-hydrogen) atoms. The van der Waals surface area contributed by atoms with Gasteiger partial charge in [0.15, 0.2) is 0 Å². The maximum absolute atomic E-state index is 12.0. The van der Waals surface area contributed by atoms with Crippen LogP contribution in [-0.2, 0) is 0 Å². The molecule has 0 unspecified atom stereocenters. The van der Waals surface area contributed by atoms with Crippen molar-refractivity contribution < 1.29 is 9.59 Å². The van der Waals surface area contributed by atoms with E-state index in [0.717, 1.165) is 0 Å². The SMILES string of the molecule is NNC(=O)c1cccc(NC(=O)c2cccc(Cl)c2)c1. The molecule has 2 amide bonds. The van der Waals surface area contributed by atoms with Crippen molar-refractivity contribution in [2.75, 3.05) is 5.32 Å². The minimum absolute atomic E-state index is 0.308. The Balaban J connectivity index is 2.18. The van der Waals surface area contributed by atoms with Gasteiger partial charge in [0.25, 0.3) is 11.8 Å². The predicted octanol–water partition coefficient (Wildman–Crippen LogP) is 2.20. The predicted molar refractivity (Wildman–Crippen MR) is 77.5 cm³/mol. The van der Waals surface area contributed by atoms with E-state index in [9.17, 15) is 9.59 Å². The Morgan fingerprint density at radius 1 is 0.950 bits per heavy atom. The molecule has 0 atom stereocenters. The second-order valence-electron chi connectivity index (χ2n) is 4.02. The molecule has 2 aromatic rings. The minimum atomic E-state index is -0.427. The van der Waals surface area contributed by atoms with Crippen molar-refractivity contribution in [1.82, 2.24) is 5.43 Å². The van der Waals surface area contributed by atoms with Crippen LogP contribution < -0.4 is 16.6 Å². The molecule has 0 aliphatic carbocycles. The smallest absolute Gasteiger partial charge is 0.265 e. The summed E-state index contributed by atoms with van der Waals surface area (Å²) in [4.78, 5) is 23.4. The number of rotatable bonds is 3. The van der Waals surface area contributed by atoms with Gasteiger partial charge in [0.2, 0.25) is 0 Å². The monoisotopic (exact) mass is 289 g/mol. The van der Waals surface area contributed by atoms with E-state index in [2.05, 4.69) is 5.32 Å². The maximum atomic E-state index is 12.0. The molecule has 0 heterocycles. The largest absolute Gasteiger partial charge is 0.322 e. The van der Waals surface area contributed by atoms with E-state index >= 15 is 0 Å². The first-order valence-electron chi connectivity index (χ1n) is 5.78. The Morgan fingerprint density at radius 2 is 1.60 bits per heavy atom. The fourth-order valence-corrected chi connectivity index (χ4v) is 1.84. The second-order valence-corrected chi connectivity index (χ2v) is 4.46. The van der Waals surface area contributed by atoms with Crippen molar-refractivity contribution in [2.24, 2.45) is 5.84 Å². The Bertz CT molecular complexity index is 658. The number of nitrogen functional groups attached to an aromatic ring is 1. The minimum Gasteiger partial charge on any atom is -0.322 e. The zero-order chi connectivity index (χ0) is 14.5. The lowest BCUT2D eigenvalue weighted by Crippen LogP contribution is -2.30. The number of anilines is 1. The highest BCUT2D eigenvalue weighted by Gasteiger charge is 2.08. The Labute approximate surface area is 120 Å². The summed E-state index contributed by atoms with van der Waals surface area (Å²) in [5.41, 5.74) is 3.32. The molecule has 102 valence electrons. The topological polar surface area (TPSA) is 84.2 Å². The molecule has 0 radical (unpaired) electrons. The third-order valence-electron chi connectivity index (χ3n) is 2.60. The van der Waals surface area contributed by atoms with E-state index in [0.29, 0.717) is 21.8 Å². The maximum Gasteiger partial charge on any atom is 0.265 e.